The summed E-state index contributed by atoms with van der Waals surface area (Å²) in [6.07, 6.45) is 1.82. The number of hydrogen-bond acceptors (Lipinski definition) is 4. The lowest BCUT2D eigenvalue weighted by Gasteiger charge is -2.25. The summed E-state index contributed by atoms with van der Waals surface area (Å²) in [6.45, 7) is 4.01. The van der Waals surface area contributed by atoms with Gasteiger partial charge in [-0.25, -0.2) is 4.68 Å². The minimum atomic E-state index is -0.120. The molecule has 1 aromatic heterocycles. The maximum Gasteiger partial charge on any atom is 0.229 e. The molecule has 1 aliphatic heterocycles. The van der Waals surface area contributed by atoms with E-state index >= 15 is 0 Å². The molecule has 0 saturated heterocycles. The molecule has 0 aliphatic carbocycles. The van der Waals surface area contributed by atoms with Gasteiger partial charge < -0.3 is 4.74 Å². The molecule has 1 atom stereocenters. The fourth-order valence-electron chi connectivity index (χ4n) is 2.64. The number of hydrogen-bond donors (Lipinski definition) is 1. The Balaban J connectivity index is 2.10. The lowest BCUT2D eigenvalue weighted by Crippen LogP contribution is -2.29. The number of anilines is 1. The summed E-state index contributed by atoms with van der Waals surface area (Å²) in [5, 5.41) is 6.94. The molecule has 6 nitrogen and oxygen atoms in total. The van der Waals surface area contributed by atoms with E-state index in [9.17, 15) is 4.79 Å². The van der Waals surface area contributed by atoms with Crippen LogP contribution in [0.3, 0.4) is 0 Å². The van der Waals surface area contributed by atoms with E-state index in [-0.39, 0.29) is 11.9 Å². The first-order valence-electron chi connectivity index (χ1n) is 6.44. The van der Waals surface area contributed by atoms with Gasteiger partial charge in [-0.1, -0.05) is 0 Å². The van der Waals surface area contributed by atoms with E-state index < -0.39 is 0 Å². The van der Waals surface area contributed by atoms with Crippen LogP contribution < -0.4 is 10.1 Å². The monoisotopic (exact) mass is 272 g/mol. The fraction of sp³-hybridized carbons (Fsp3) is 0.357. The van der Waals surface area contributed by atoms with Gasteiger partial charge in [0, 0.05) is 0 Å². The fourth-order valence-corrected chi connectivity index (χ4v) is 2.64. The third-order valence-electron chi connectivity index (χ3n) is 3.64. The Morgan fingerprint density at radius 2 is 2.15 bits per heavy atom. The Hall–Kier alpha value is -2.37. The average Bonchev–Trinajstić information content (AvgIpc) is 2.88. The molecule has 2 heterocycles. The molecule has 1 amide bonds. The molecule has 0 fully saturated rings. The zero-order valence-electron chi connectivity index (χ0n) is 11.7. The van der Waals surface area contributed by atoms with Crippen LogP contribution in [0.1, 0.15) is 29.2 Å². The first kappa shape index (κ1) is 12.7. The second-order valence-corrected chi connectivity index (χ2v) is 4.97. The van der Waals surface area contributed by atoms with Gasteiger partial charge in [0.2, 0.25) is 11.9 Å². The third-order valence-corrected chi connectivity index (χ3v) is 3.64. The SMILES string of the molecule is COc1cc(C)c(C2CC(=O)Nc3ncnn32)cc1C. The molecule has 0 spiro atoms. The summed E-state index contributed by atoms with van der Waals surface area (Å²) in [6, 6.07) is 3.93. The number of ether oxygens (including phenoxy) is 1. The van der Waals surface area contributed by atoms with E-state index in [2.05, 4.69) is 21.5 Å². The number of nitrogens with zero attached hydrogens (tertiary/aromatic N) is 3. The summed E-state index contributed by atoms with van der Waals surface area (Å²) < 4.78 is 7.09. The summed E-state index contributed by atoms with van der Waals surface area (Å²) in [4.78, 5) is 15.9. The van der Waals surface area contributed by atoms with Gasteiger partial charge in [0.15, 0.2) is 0 Å². The smallest absolute Gasteiger partial charge is 0.229 e. The van der Waals surface area contributed by atoms with E-state index in [1.807, 2.05) is 19.9 Å². The second-order valence-electron chi connectivity index (χ2n) is 4.97. The summed E-state index contributed by atoms with van der Waals surface area (Å²) in [5.41, 5.74) is 3.19. The molecule has 104 valence electrons. The van der Waals surface area contributed by atoms with Gasteiger partial charge in [-0.05, 0) is 42.7 Å². The molecule has 1 unspecified atom stereocenters. The number of fused-ring (bicyclic) bond motifs is 1. The van der Waals surface area contributed by atoms with Crippen LogP contribution in [0.25, 0.3) is 0 Å². The Labute approximate surface area is 116 Å². The molecular weight excluding hydrogens is 256 g/mol. The first-order chi connectivity index (χ1) is 9.60. The third kappa shape index (κ3) is 1.93. The van der Waals surface area contributed by atoms with E-state index in [1.54, 1.807) is 11.8 Å². The van der Waals surface area contributed by atoms with E-state index in [1.165, 1.54) is 6.33 Å². The number of carbonyl (C=O) groups excluding carboxylic acids is 1. The number of aryl methyl sites for hydroxylation is 2. The van der Waals surface area contributed by atoms with Gasteiger partial charge in [-0.2, -0.15) is 10.1 Å². The lowest BCUT2D eigenvalue weighted by atomic mass is 9.95. The first-order valence-corrected chi connectivity index (χ1v) is 6.44. The van der Waals surface area contributed by atoms with Gasteiger partial charge in [0.05, 0.1) is 19.6 Å². The van der Waals surface area contributed by atoms with Crippen LogP contribution in [-0.4, -0.2) is 27.8 Å². The van der Waals surface area contributed by atoms with Crippen LogP contribution in [0, 0.1) is 13.8 Å². The van der Waals surface area contributed by atoms with Crippen molar-refractivity contribution in [3.63, 3.8) is 0 Å². The Morgan fingerprint density at radius 1 is 1.35 bits per heavy atom. The van der Waals surface area contributed by atoms with Gasteiger partial charge in [-0.3, -0.25) is 10.1 Å². The van der Waals surface area contributed by atoms with Crippen molar-refractivity contribution in [2.24, 2.45) is 0 Å². The molecule has 1 aliphatic rings. The molecule has 1 N–H and O–H groups in total. The van der Waals surface area contributed by atoms with Crippen molar-refractivity contribution in [1.29, 1.82) is 0 Å². The quantitative estimate of drug-likeness (QED) is 0.905. The highest BCUT2D eigenvalue weighted by atomic mass is 16.5. The Morgan fingerprint density at radius 3 is 2.90 bits per heavy atom. The van der Waals surface area contributed by atoms with Gasteiger partial charge in [0.25, 0.3) is 0 Å². The van der Waals surface area contributed by atoms with Crippen LogP contribution in [0.4, 0.5) is 5.95 Å². The molecule has 3 rings (SSSR count). The van der Waals surface area contributed by atoms with Crippen molar-refractivity contribution in [2.45, 2.75) is 26.3 Å². The molecule has 0 bridgehead atoms. The summed E-state index contributed by atoms with van der Waals surface area (Å²) in [5.74, 6) is 1.31. The van der Waals surface area contributed by atoms with Crippen LogP contribution >= 0.6 is 0 Å². The van der Waals surface area contributed by atoms with Crippen molar-refractivity contribution in [3.05, 3.63) is 35.2 Å². The van der Waals surface area contributed by atoms with Crippen LogP contribution in [-0.2, 0) is 4.79 Å². The summed E-state index contributed by atoms with van der Waals surface area (Å²) >= 11 is 0. The molecule has 0 saturated carbocycles. The number of methoxy groups -OCH3 is 1. The highest BCUT2D eigenvalue weighted by Crippen LogP contribution is 2.33. The van der Waals surface area contributed by atoms with Crippen LogP contribution in [0.5, 0.6) is 5.75 Å². The minimum Gasteiger partial charge on any atom is -0.496 e. The summed E-state index contributed by atoms with van der Waals surface area (Å²) in [7, 11) is 1.66. The van der Waals surface area contributed by atoms with Crippen LogP contribution in [0.15, 0.2) is 18.5 Å². The highest BCUT2D eigenvalue weighted by Gasteiger charge is 2.29. The predicted octanol–water partition coefficient (Wildman–Crippen LogP) is 1.84. The number of benzene rings is 1. The molecule has 1 aromatic carbocycles. The molecule has 0 radical (unpaired) electrons. The maximum absolute atomic E-state index is 11.8. The van der Waals surface area contributed by atoms with Gasteiger partial charge >= 0.3 is 0 Å². The molecular formula is C14H16N4O2. The maximum atomic E-state index is 11.8. The van der Waals surface area contributed by atoms with Crippen LogP contribution in [0.2, 0.25) is 0 Å². The molecule has 6 heteroatoms. The standard InChI is InChI=1S/C14H16N4O2/c1-8-5-12(20-3)9(2)4-10(8)11-6-13(19)17-14-15-7-16-18(11)14/h4-5,7,11H,6H2,1-3H3,(H,15,16,17,19). The second kappa shape index (κ2) is 4.63. The van der Waals surface area contributed by atoms with Crippen molar-refractivity contribution < 1.29 is 9.53 Å². The minimum absolute atomic E-state index is 0.0385. The van der Waals surface area contributed by atoms with Gasteiger partial charge in [0.1, 0.15) is 12.1 Å². The van der Waals surface area contributed by atoms with Crippen molar-refractivity contribution in [3.8, 4) is 5.75 Å². The topological polar surface area (TPSA) is 69.0 Å². The highest BCUT2D eigenvalue weighted by molar-refractivity contribution is 5.91. The van der Waals surface area contributed by atoms with E-state index in [0.717, 1.165) is 22.4 Å². The van der Waals surface area contributed by atoms with Gasteiger partial charge in [-0.15, -0.1) is 0 Å². The number of amides is 1. The number of rotatable bonds is 2. The normalized spacial score (nSPS) is 17.6. The molecule has 20 heavy (non-hydrogen) atoms. The van der Waals surface area contributed by atoms with Crippen molar-refractivity contribution in [2.75, 3.05) is 12.4 Å². The van der Waals surface area contributed by atoms with E-state index in [0.29, 0.717) is 12.4 Å². The number of nitrogens with one attached hydrogen (secondary N) is 1. The zero-order chi connectivity index (χ0) is 14.3. The number of carbonyl (C=O) groups is 1. The lowest BCUT2D eigenvalue weighted by molar-refractivity contribution is -0.117. The largest absolute Gasteiger partial charge is 0.496 e. The molecule has 2 aromatic rings. The van der Waals surface area contributed by atoms with E-state index in [4.69, 9.17) is 4.74 Å². The Bertz CT molecular complexity index is 678. The average molecular weight is 272 g/mol. The number of aromatic nitrogens is 3. The predicted molar refractivity (Wildman–Crippen MR) is 73.9 cm³/mol. The van der Waals surface area contributed by atoms with Crippen molar-refractivity contribution in [1.82, 2.24) is 14.8 Å². The van der Waals surface area contributed by atoms with Crippen molar-refractivity contribution >= 4 is 11.9 Å². The Kier molecular flexibility index (Phi) is 2.93. The zero-order valence-corrected chi connectivity index (χ0v) is 11.7.